The first-order valence-electron chi connectivity index (χ1n) is 5.97. The highest BCUT2D eigenvalue weighted by Gasteiger charge is 2.20. The van der Waals surface area contributed by atoms with Crippen molar-refractivity contribution in [2.45, 2.75) is 6.61 Å². The van der Waals surface area contributed by atoms with Crippen molar-refractivity contribution in [3.8, 4) is 22.9 Å². The highest BCUT2D eigenvalue weighted by molar-refractivity contribution is 9.10. The topological polar surface area (TPSA) is 73.4 Å². The molecule has 0 atom stereocenters. The van der Waals surface area contributed by atoms with Crippen LogP contribution in [-0.2, 0) is 11.3 Å². The molecule has 0 unspecified atom stereocenters. The van der Waals surface area contributed by atoms with Gasteiger partial charge in [0, 0.05) is 12.7 Å². The van der Waals surface area contributed by atoms with Gasteiger partial charge in [0.2, 0.25) is 6.79 Å². The second-order valence-corrected chi connectivity index (χ2v) is 5.50. The van der Waals surface area contributed by atoms with E-state index in [0.717, 1.165) is 0 Å². The smallest absolute Gasteiger partial charge is 0.265 e. The van der Waals surface area contributed by atoms with E-state index in [1.807, 2.05) is 0 Å². The summed E-state index contributed by atoms with van der Waals surface area (Å²) in [6, 6.07) is 3.38. The average molecular weight is 374 g/mol. The van der Waals surface area contributed by atoms with E-state index in [9.17, 15) is 4.79 Å². The lowest BCUT2D eigenvalue weighted by Crippen LogP contribution is -2.14. The molecule has 110 valence electrons. The van der Waals surface area contributed by atoms with Crippen molar-refractivity contribution >= 4 is 27.5 Å². The van der Waals surface area contributed by atoms with Gasteiger partial charge in [0.25, 0.3) is 5.56 Å². The van der Waals surface area contributed by atoms with Crippen LogP contribution in [0.15, 0.2) is 21.4 Å². The standard InChI is InChI=1S/C13H10BrClN2O4/c1-19-4-8-10(14)13(18)17-12(16-8)6-2-7(15)11-9(3-6)20-5-21-11/h2-3H,4-5H2,1H3,(H,16,17,18). The molecule has 0 fully saturated rings. The zero-order valence-corrected chi connectivity index (χ0v) is 13.2. The van der Waals surface area contributed by atoms with Gasteiger partial charge in [-0.25, -0.2) is 4.98 Å². The maximum atomic E-state index is 11.9. The summed E-state index contributed by atoms with van der Waals surface area (Å²) in [5.74, 6) is 1.41. The molecule has 1 aromatic carbocycles. The number of benzene rings is 1. The zero-order chi connectivity index (χ0) is 15.0. The van der Waals surface area contributed by atoms with Crippen LogP contribution >= 0.6 is 27.5 Å². The van der Waals surface area contributed by atoms with Gasteiger partial charge >= 0.3 is 0 Å². The van der Waals surface area contributed by atoms with Gasteiger partial charge in [-0.05, 0) is 28.1 Å². The van der Waals surface area contributed by atoms with Gasteiger partial charge in [-0.1, -0.05) is 11.6 Å². The molecular formula is C13H10BrClN2O4. The third kappa shape index (κ3) is 2.64. The number of hydrogen-bond acceptors (Lipinski definition) is 5. The van der Waals surface area contributed by atoms with Crippen LogP contribution in [0.4, 0.5) is 0 Å². The number of H-pyrrole nitrogens is 1. The fourth-order valence-corrected chi connectivity index (χ4v) is 2.55. The Balaban J connectivity index is 2.13. The Bertz CT molecular complexity index is 763. The minimum absolute atomic E-state index is 0.123. The van der Waals surface area contributed by atoms with E-state index in [-0.39, 0.29) is 19.0 Å². The molecule has 1 N–H and O–H groups in total. The highest BCUT2D eigenvalue weighted by Crippen LogP contribution is 2.41. The number of aromatic nitrogens is 2. The Hall–Kier alpha value is -1.57. The van der Waals surface area contributed by atoms with E-state index in [0.29, 0.717) is 38.1 Å². The zero-order valence-electron chi connectivity index (χ0n) is 10.9. The molecule has 0 bridgehead atoms. The SMILES string of the molecule is COCc1nc(-c2cc(Cl)c3c(c2)OCO3)[nH]c(=O)c1Br. The molecular weight excluding hydrogens is 364 g/mol. The molecule has 2 aromatic rings. The van der Waals surface area contributed by atoms with E-state index in [1.165, 1.54) is 7.11 Å². The Morgan fingerprint density at radius 1 is 1.48 bits per heavy atom. The van der Waals surface area contributed by atoms with Crippen LogP contribution < -0.4 is 15.0 Å². The largest absolute Gasteiger partial charge is 0.454 e. The summed E-state index contributed by atoms with van der Waals surface area (Å²) >= 11 is 9.33. The summed E-state index contributed by atoms with van der Waals surface area (Å²) in [6.07, 6.45) is 0. The normalized spacial score (nSPS) is 12.7. The number of nitrogens with one attached hydrogen (secondary N) is 1. The molecule has 2 heterocycles. The lowest BCUT2D eigenvalue weighted by molar-refractivity contribution is 0.174. The molecule has 6 nitrogen and oxygen atoms in total. The van der Waals surface area contributed by atoms with Crippen molar-refractivity contribution in [2.24, 2.45) is 0 Å². The van der Waals surface area contributed by atoms with Crippen molar-refractivity contribution in [3.63, 3.8) is 0 Å². The van der Waals surface area contributed by atoms with Crippen molar-refractivity contribution in [3.05, 3.63) is 37.7 Å². The molecule has 0 saturated heterocycles. The van der Waals surface area contributed by atoms with E-state index in [2.05, 4.69) is 25.9 Å². The quantitative estimate of drug-likeness (QED) is 0.895. The van der Waals surface area contributed by atoms with Gasteiger partial charge in [-0.3, -0.25) is 4.79 Å². The molecule has 0 spiro atoms. The molecule has 1 aliphatic heterocycles. The lowest BCUT2D eigenvalue weighted by Gasteiger charge is -2.08. The number of hydrogen-bond donors (Lipinski definition) is 1. The van der Waals surface area contributed by atoms with Crippen molar-refractivity contribution in [2.75, 3.05) is 13.9 Å². The van der Waals surface area contributed by atoms with Gasteiger partial charge < -0.3 is 19.2 Å². The highest BCUT2D eigenvalue weighted by atomic mass is 79.9. The monoisotopic (exact) mass is 372 g/mol. The predicted octanol–water partition coefficient (Wildman–Crippen LogP) is 2.73. The number of aromatic amines is 1. The summed E-state index contributed by atoms with van der Waals surface area (Å²) in [6.45, 7) is 0.341. The van der Waals surface area contributed by atoms with Crippen LogP contribution in [0.1, 0.15) is 5.69 Å². The first-order valence-corrected chi connectivity index (χ1v) is 7.14. The first-order chi connectivity index (χ1) is 10.1. The third-order valence-electron chi connectivity index (χ3n) is 2.91. The van der Waals surface area contributed by atoms with E-state index < -0.39 is 0 Å². The van der Waals surface area contributed by atoms with Crippen LogP contribution in [0.2, 0.25) is 5.02 Å². The average Bonchev–Trinajstić information content (AvgIpc) is 2.92. The molecule has 3 rings (SSSR count). The van der Waals surface area contributed by atoms with Crippen LogP contribution in [-0.4, -0.2) is 23.9 Å². The van der Waals surface area contributed by atoms with Crippen molar-refractivity contribution in [1.29, 1.82) is 0 Å². The van der Waals surface area contributed by atoms with Crippen LogP contribution in [0.3, 0.4) is 0 Å². The van der Waals surface area contributed by atoms with Crippen LogP contribution in [0.5, 0.6) is 11.5 Å². The first kappa shape index (κ1) is 14.4. The molecule has 21 heavy (non-hydrogen) atoms. The fourth-order valence-electron chi connectivity index (χ4n) is 1.98. The Morgan fingerprint density at radius 3 is 3.05 bits per heavy atom. The van der Waals surface area contributed by atoms with Gasteiger partial charge in [0.05, 0.1) is 17.3 Å². The van der Waals surface area contributed by atoms with E-state index in [4.69, 9.17) is 25.8 Å². The van der Waals surface area contributed by atoms with E-state index >= 15 is 0 Å². The number of rotatable bonds is 3. The summed E-state index contributed by atoms with van der Waals surface area (Å²) < 4.78 is 15.9. The number of halogens is 2. The Morgan fingerprint density at radius 2 is 2.29 bits per heavy atom. The number of methoxy groups -OCH3 is 1. The predicted molar refractivity (Wildman–Crippen MR) is 79.8 cm³/mol. The van der Waals surface area contributed by atoms with Crippen molar-refractivity contribution in [1.82, 2.24) is 9.97 Å². The van der Waals surface area contributed by atoms with Gasteiger partial charge in [0.1, 0.15) is 10.3 Å². The molecule has 0 aliphatic carbocycles. The van der Waals surface area contributed by atoms with E-state index in [1.54, 1.807) is 12.1 Å². The number of nitrogens with zero attached hydrogens (tertiary/aromatic N) is 1. The second kappa shape index (κ2) is 5.67. The molecule has 0 amide bonds. The number of fused-ring (bicyclic) bond motifs is 1. The summed E-state index contributed by atoms with van der Waals surface area (Å²) in [4.78, 5) is 19.0. The van der Waals surface area contributed by atoms with Gasteiger partial charge in [-0.15, -0.1) is 0 Å². The molecule has 0 saturated carbocycles. The lowest BCUT2D eigenvalue weighted by atomic mass is 10.2. The maximum absolute atomic E-state index is 11.9. The minimum atomic E-state index is -0.291. The van der Waals surface area contributed by atoms with Crippen molar-refractivity contribution < 1.29 is 14.2 Å². The maximum Gasteiger partial charge on any atom is 0.265 e. The van der Waals surface area contributed by atoms with Gasteiger partial charge in [0.15, 0.2) is 11.5 Å². The third-order valence-corrected chi connectivity index (χ3v) is 4.01. The number of ether oxygens (including phenoxy) is 3. The summed E-state index contributed by atoms with van der Waals surface area (Å²) in [5.41, 5.74) is 0.845. The minimum Gasteiger partial charge on any atom is -0.454 e. The van der Waals surface area contributed by atoms with Gasteiger partial charge in [-0.2, -0.15) is 0 Å². The summed E-state index contributed by atoms with van der Waals surface area (Å²) in [5, 5.41) is 0.402. The Kier molecular flexibility index (Phi) is 3.88. The molecule has 1 aromatic heterocycles. The van der Waals surface area contributed by atoms with Crippen LogP contribution in [0, 0.1) is 0 Å². The van der Waals surface area contributed by atoms with Crippen LogP contribution in [0.25, 0.3) is 11.4 Å². The Labute approximate surface area is 133 Å². The molecule has 8 heteroatoms. The molecule has 0 radical (unpaired) electrons. The second-order valence-electron chi connectivity index (χ2n) is 4.30. The molecule has 1 aliphatic rings. The fraction of sp³-hybridized carbons (Fsp3) is 0.231. The summed E-state index contributed by atoms with van der Waals surface area (Å²) in [7, 11) is 1.53.